The second-order valence-electron chi connectivity index (χ2n) is 6.07. The summed E-state index contributed by atoms with van der Waals surface area (Å²) in [4.78, 5) is 0. The lowest BCUT2D eigenvalue weighted by Crippen LogP contribution is -2.45. The Morgan fingerprint density at radius 3 is 2.61 bits per heavy atom. The molecule has 2 bridgehead atoms. The molecule has 0 spiro atoms. The van der Waals surface area contributed by atoms with Crippen LogP contribution >= 0.6 is 0 Å². The van der Waals surface area contributed by atoms with Gasteiger partial charge in [-0.15, -0.1) is 0 Å². The Balaban J connectivity index is 2.59. The summed E-state index contributed by atoms with van der Waals surface area (Å²) in [6, 6.07) is 0. The van der Waals surface area contributed by atoms with Gasteiger partial charge in [-0.25, -0.2) is 0 Å². The van der Waals surface area contributed by atoms with Gasteiger partial charge < -0.3 is 9.47 Å². The van der Waals surface area contributed by atoms with Crippen molar-refractivity contribution in [1.82, 2.24) is 0 Å². The molecule has 2 nitrogen and oxygen atoms in total. The van der Waals surface area contributed by atoms with Crippen molar-refractivity contribution in [2.45, 2.75) is 65.6 Å². The van der Waals surface area contributed by atoms with Crippen molar-refractivity contribution in [2.24, 2.45) is 5.41 Å². The first-order chi connectivity index (χ1) is 8.44. The first kappa shape index (κ1) is 13.7. The molecule has 2 unspecified atom stereocenters. The molecule has 2 aliphatic heterocycles. The third-order valence-electron chi connectivity index (χ3n) is 4.66. The van der Waals surface area contributed by atoms with Crippen LogP contribution in [0.25, 0.3) is 0 Å². The molecule has 2 heterocycles. The van der Waals surface area contributed by atoms with Crippen LogP contribution in [0.5, 0.6) is 0 Å². The van der Waals surface area contributed by atoms with E-state index >= 15 is 0 Å². The van der Waals surface area contributed by atoms with Crippen molar-refractivity contribution in [3.8, 4) is 0 Å². The molecule has 2 rings (SSSR count). The van der Waals surface area contributed by atoms with E-state index in [4.69, 9.17) is 9.47 Å². The van der Waals surface area contributed by atoms with Gasteiger partial charge >= 0.3 is 0 Å². The molecule has 0 aliphatic carbocycles. The number of methoxy groups -OCH3 is 1. The lowest BCUT2D eigenvalue weighted by Gasteiger charge is -2.42. The standard InChI is InChI=1S/C16H26O2/c1-7-9-14(17-6)16-12(8-2)11(3)13(18-16)10-15(16,4)5/h9,13H,7-8,10H2,1-6H3/b14-9-. The van der Waals surface area contributed by atoms with Gasteiger partial charge in [-0.1, -0.05) is 27.7 Å². The van der Waals surface area contributed by atoms with Crippen LogP contribution in [-0.4, -0.2) is 18.8 Å². The van der Waals surface area contributed by atoms with Crippen molar-refractivity contribution >= 4 is 0 Å². The fraction of sp³-hybridized carbons (Fsp3) is 0.750. The average molecular weight is 250 g/mol. The van der Waals surface area contributed by atoms with Gasteiger partial charge in [0, 0.05) is 5.41 Å². The van der Waals surface area contributed by atoms with E-state index in [0.717, 1.165) is 25.0 Å². The van der Waals surface area contributed by atoms with Gasteiger partial charge in [-0.3, -0.25) is 0 Å². The van der Waals surface area contributed by atoms with Gasteiger partial charge in [0.05, 0.1) is 13.2 Å². The second kappa shape index (κ2) is 4.41. The Labute approximate surface area is 111 Å². The zero-order valence-corrected chi connectivity index (χ0v) is 12.6. The molecule has 1 fully saturated rings. The maximum Gasteiger partial charge on any atom is 0.152 e. The second-order valence-corrected chi connectivity index (χ2v) is 6.07. The molecule has 2 heteroatoms. The van der Waals surface area contributed by atoms with E-state index in [1.165, 1.54) is 11.1 Å². The van der Waals surface area contributed by atoms with Crippen molar-refractivity contribution < 1.29 is 9.47 Å². The number of allylic oxidation sites excluding steroid dienone is 1. The SMILES string of the molecule is CC/C=C(\OC)C12OC(CC1(C)C)C(C)=C2CC. The van der Waals surface area contributed by atoms with E-state index < -0.39 is 0 Å². The number of ether oxygens (including phenoxy) is 2. The van der Waals surface area contributed by atoms with Crippen molar-refractivity contribution in [3.05, 3.63) is 23.0 Å². The van der Waals surface area contributed by atoms with Crippen molar-refractivity contribution in [1.29, 1.82) is 0 Å². The van der Waals surface area contributed by atoms with E-state index in [1.54, 1.807) is 7.11 Å². The highest BCUT2D eigenvalue weighted by Gasteiger charge is 2.63. The van der Waals surface area contributed by atoms with Crippen LogP contribution in [0, 0.1) is 5.41 Å². The van der Waals surface area contributed by atoms with Gasteiger partial charge in [-0.2, -0.15) is 0 Å². The number of rotatable bonds is 4. The van der Waals surface area contributed by atoms with Crippen molar-refractivity contribution in [3.63, 3.8) is 0 Å². The number of hydrogen-bond acceptors (Lipinski definition) is 2. The maximum atomic E-state index is 6.43. The highest BCUT2D eigenvalue weighted by molar-refractivity contribution is 5.46. The number of hydrogen-bond donors (Lipinski definition) is 0. The summed E-state index contributed by atoms with van der Waals surface area (Å²) in [5.74, 6) is 1.01. The smallest absolute Gasteiger partial charge is 0.152 e. The zero-order chi connectivity index (χ0) is 13.6. The van der Waals surface area contributed by atoms with E-state index in [2.05, 4.69) is 40.7 Å². The zero-order valence-electron chi connectivity index (χ0n) is 12.6. The first-order valence-electron chi connectivity index (χ1n) is 7.07. The average Bonchev–Trinajstić information content (AvgIpc) is 2.74. The molecule has 0 aromatic heterocycles. The lowest BCUT2D eigenvalue weighted by molar-refractivity contribution is -0.0301. The van der Waals surface area contributed by atoms with Gasteiger partial charge in [0.1, 0.15) is 5.76 Å². The largest absolute Gasteiger partial charge is 0.498 e. The molecule has 18 heavy (non-hydrogen) atoms. The van der Waals surface area contributed by atoms with Gasteiger partial charge in [0.2, 0.25) is 0 Å². The highest BCUT2D eigenvalue weighted by Crippen LogP contribution is 2.61. The lowest BCUT2D eigenvalue weighted by atomic mass is 9.64. The third kappa shape index (κ3) is 1.51. The third-order valence-corrected chi connectivity index (χ3v) is 4.66. The summed E-state index contributed by atoms with van der Waals surface area (Å²) in [6.45, 7) is 11.2. The molecule has 2 atom stereocenters. The summed E-state index contributed by atoms with van der Waals surface area (Å²) >= 11 is 0. The molecule has 0 saturated carbocycles. The Hall–Kier alpha value is -0.760. The topological polar surface area (TPSA) is 18.5 Å². The monoisotopic (exact) mass is 250 g/mol. The van der Waals surface area contributed by atoms with E-state index in [-0.39, 0.29) is 17.1 Å². The first-order valence-corrected chi connectivity index (χ1v) is 7.07. The molecule has 0 amide bonds. The summed E-state index contributed by atoms with van der Waals surface area (Å²) in [7, 11) is 1.77. The molecule has 2 aliphatic rings. The predicted molar refractivity (Wildman–Crippen MR) is 74.4 cm³/mol. The Kier molecular flexibility index (Phi) is 3.35. The Bertz CT molecular complexity index is 403. The van der Waals surface area contributed by atoms with Crippen LogP contribution in [0.1, 0.15) is 53.9 Å². The molecule has 0 aromatic rings. The molecule has 0 radical (unpaired) electrons. The minimum Gasteiger partial charge on any atom is -0.498 e. The highest BCUT2D eigenvalue weighted by atomic mass is 16.6. The maximum absolute atomic E-state index is 6.43. The quantitative estimate of drug-likeness (QED) is 0.549. The van der Waals surface area contributed by atoms with Crippen LogP contribution in [-0.2, 0) is 9.47 Å². The molecule has 0 N–H and O–H groups in total. The van der Waals surface area contributed by atoms with Crippen LogP contribution in [0.2, 0.25) is 0 Å². The van der Waals surface area contributed by atoms with Gasteiger partial charge in [0.15, 0.2) is 5.60 Å². The van der Waals surface area contributed by atoms with Gasteiger partial charge in [0.25, 0.3) is 0 Å². The predicted octanol–water partition coefficient (Wildman–Crippen LogP) is 4.22. The Morgan fingerprint density at radius 2 is 2.11 bits per heavy atom. The minimum atomic E-state index is -0.318. The van der Waals surface area contributed by atoms with Crippen LogP contribution in [0.3, 0.4) is 0 Å². The molecular formula is C16H26O2. The van der Waals surface area contributed by atoms with E-state index in [9.17, 15) is 0 Å². The van der Waals surface area contributed by atoms with Crippen LogP contribution in [0.4, 0.5) is 0 Å². The normalized spacial score (nSPS) is 34.3. The Morgan fingerprint density at radius 1 is 1.44 bits per heavy atom. The summed E-state index contributed by atoms with van der Waals surface area (Å²) in [6.07, 6.45) is 5.57. The summed E-state index contributed by atoms with van der Waals surface area (Å²) in [5.41, 5.74) is 2.65. The van der Waals surface area contributed by atoms with Gasteiger partial charge in [-0.05, 0) is 43.4 Å². The summed E-state index contributed by atoms with van der Waals surface area (Å²) < 4.78 is 12.1. The molecular weight excluding hydrogens is 224 g/mol. The van der Waals surface area contributed by atoms with Crippen LogP contribution in [0.15, 0.2) is 23.0 Å². The fourth-order valence-corrected chi connectivity index (χ4v) is 3.84. The van der Waals surface area contributed by atoms with E-state index in [0.29, 0.717) is 0 Å². The fourth-order valence-electron chi connectivity index (χ4n) is 3.84. The molecule has 0 aromatic carbocycles. The van der Waals surface area contributed by atoms with Crippen LogP contribution < -0.4 is 0 Å². The number of fused-ring (bicyclic) bond motifs is 2. The van der Waals surface area contributed by atoms with E-state index in [1.807, 2.05) is 0 Å². The summed E-state index contributed by atoms with van der Waals surface area (Å²) in [5, 5.41) is 0. The van der Waals surface area contributed by atoms with Crippen molar-refractivity contribution in [2.75, 3.05) is 7.11 Å². The molecule has 102 valence electrons. The molecule has 1 saturated heterocycles. The minimum absolute atomic E-state index is 0.111.